The van der Waals surface area contributed by atoms with Gasteiger partial charge < -0.3 is 0 Å². The Labute approximate surface area is 294 Å². The second kappa shape index (κ2) is 10.1. The van der Waals surface area contributed by atoms with Crippen molar-refractivity contribution in [2.75, 3.05) is 0 Å². The normalized spacial score (nSPS) is 13.6. The van der Waals surface area contributed by atoms with Gasteiger partial charge in [-0.1, -0.05) is 147 Å². The maximum atomic E-state index is 2.50. The second-order valence-corrected chi connectivity index (χ2v) is 15.5. The molecule has 234 valence electrons. The third kappa shape index (κ3) is 3.81. The van der Waals surface area contributed by atoms with E-state index in [1.165, 1.54) is 108 Å². The highest BCUT2D eigenvalue weighted by atomic mass is 32.1. The van der Waals surface area contributed by atoms with Crippen LogP contribution in [0, 0.1) is 0 Å². The van der Waals surface area contributed by atoms with Crippen molar-refractivity contribution in [1.82, 2.24) is 0 Å². The van der Waals surface area contributed by atoms with Gasteiger partial charge in [-0.3, -0.25) is 0 Å². The van der Waals surface area contributed by atoms with Gasteiger partial charge in [0.15, 0.2) is 0 Å². The zero-order chi connectivity index (χ0) is 33.1. The predicted molar refractivity (Wildman–Crippen MR) is 218 cm³/mol. The lowest BCUT2D eigenvalue weighted by atomic mass is 9.81. The summed E-state index contributed by atoms with van der Waals surface area (Å²) >= 11 is 1.93. The van der Waals surface area contributed by atoms with E-state index in [4.69, 9.17) is 0 Å². The molecular formula is C49H32S. The third-order valence-electron chi connectivity index (χ3n) is 11.4. The van der Waals surface area contributed by atoms with Crippen LogP contribution < -0.4 is 0 Å². The fourth-order valence-electron chi connectivity index (χ4n) is 9.02. The molecule has 0 nitrogen and oxygen atoms in total. The molecule has 1 aliphatic carbocycles. The lowest BCUT2D eigenvalue weighted by Crippen LogP contribution is -2.14. The van der Waals surface area contributed by atoms with Crippen LogP contribution in [0.3, 0.4) is 0 Å². The van der Waals surface area contributed by atoms with E-state index >= 15 is 0 Å². The van der Waals surface area contributed by atoms with Gasteiger partial charge in [-0.05, 0) is 112 Å². The second-order valence-electron chi connectivity index (χ2n) is 14.4. The van der Waals surface area contributed by atoms with E-state index in [9.17, 15) is 0 Å². The Morgan fingerprint density at radius 3 is 1.60 bits per heavy atom. The topological polar surface area (TPSA) is 0 Å². The molecule has 1 heterocycles. The van der Waals surface area contributed by atoms with E-state index < -0.39 is 0 Å². The molecule has 0 radical (unpaired) electrons. The number of hydrogen-bond acceptors (Lipinski definition) is 1. The predicted octanol–water partition coefficient (Wildman–Crippen LogP) is 14.3. The van der Waals surface area contributed by atoms with Crippen molar-refractivity contribution in [3.05, 3.63) is 169 Å². The van der Waals surface area contributed by atoms with Gasteiger partial charge in [0.2, 0.25) is 0 Å². The quantitative estimate of drug-likeness (QED) is 0.163. The Morgan fingerprint density at radius 1 is 0.360 bits per heavy atom. The molecule has 0 bridgehead atoms. The maximum absolute atomic E-state index is 2.50. The standard InChI is InChI=1S/C49H32S/c1-49(2)42-24-22-30-12-5-6-14-34(30)48(42)41-28-45-40(27-43(41)49)35-23-21-33(26-44(35)50-45)47-38-17-9-7-15-36(38)46(37-16-8-10-18-39(37)47)32-20-19-29-11-3-4-13-31(29)25-32/h3-28H,1-2H3. The van der Waals surface area contributed by atoms with Crippen molar-refractivity contribution in [2.24, 2.45) is 0 Å². The molecule has 0 aliphatic heterocycles. The van der Waals surface area contributed by atoms with E-state index in [-0.39, 0.29) is 5.41 Å². The van der Waals surface area contributed by atoms with Crippen LogP contribution >= 0.6 is 11.3 Å². The van der Waals surface area contributed by atoms with Crippen molar-refractivity contribution in [2.45, 2.75) is 19.3 Å². The Bertz CT molecular complexity index is 3010. The maximum Gasteiger partial charge on any atom is 0.0361 e. The molecule has 0 amide bonds. The summed E-state index contributed by atoms with van der Waals surface area (Å²) in [6.07, 6.45) is 0. The van der Waals surface area contributed by atoms with Crippen molar-refractivity contribution < 1.29 is 0 Å². The molecular weight excluding hydrogens is 621 g/mol. The van der Waals surface area contributed by atoms with Crippen LogP contribution in [0.15, 0.2) is 158 Å². The molecule has 0 unspecified atom stereocenters. The summed E-state index contributed by atoms with van der Waals surface area (Å²) in [4.78, 5) is 0. The molecule has 50 heavy (non-hydrogen) atoms. The molecule has 1 aliphatic rings. The van der Waals surface area contributed by atoms with Crippen LogP contribution in [0.1, 0.15) is 25.0 Å². The average Bonchev–Trinajstić information content (AvgIpc) is 3.63. The number of fused-ring (bicyclic) bond motifs is 11. The summed E-state index contributed by atoms with van der Waals surface area (Å²) in [7, 11) is 0. The van der Waals surface area contributed by atoms with E-state index in [0.29, 0.717) is 0 Å². The highest BCUT2D eigenvalue weighted by Gasteiger charge is 2.37. The van der Waals surface area contributed by atoms with Gasteiger partial charge in [0.05, 0.1) is 0 Å². The van der Waals surface area contributed by atoms with Crippen LogP contribution in [0.5, 0.6) is 0 Å². The van der Waals surface area contributed by atoms with Gasteiger partial charge >= 0.3 is 0 Å². The smallest absolute Gasteiger partial charge is 0.0361 e. The van der Waals surface area contributed by atoms with E-state index in [2.05, 4.69) is 172 Å². The fourth-order valence-corrected chi connectivity index (χ4v) is 10.2. The molecule has 0 atom stereocenters. The zero-order valence-corrected chi connectivity index (χ0v) is 28.7. The van der Waals surface area contributed by atoms with Crippen LogP contribution in [-0.2, 0) is 5.41 Å². The molecule has 1 aromatic heterocycles. The van der Waals surface area contributed by atoms with Crippen molar-refractivity contribution >= 4 is 74.6 Å². The molecule has 0 spiro atoms. The fraction of sp³-hybridized carbons (Fsp3) is 0.0612. The first-order chi connectivity index (χ1) is 24.5. The van der Waals surface area contributed by atoms with Crippen molar-refractivity contribution in [1.29, 1.82) is 0 Å². The summed E-state index contributed by atoms with van der Waals surface area (Å²) in [6.45, 7) is 4.78. The van der Waals surface area contributed by atoms with Gasteiger partial charge in [0.25, 0.3) is 0 Å². The average molecular weight is 653 g/mol. The van der Waals surface area contributed by atoms with Gasteiger partial charge in [-0.25, -0.2) is 0 Å². The number of benzene rings is 9. The molecule has 11 rings (SSSR count). The number of rotatable bonds is 2. The highest BCUT2D eigenvalue weighted by Crippen LogP contribution is 2.54. The van der Waals surface area contributed by atoms with Gasteiger partial charge in [0.1, 0.15) is 0 Å². The molecule has 0 N–H and O–H groups in total. The Kier molecular flexibility index (Phi) is 5.70. The third-order valence-corrected chi connectivity index (χ3v) is 12.5. The van der Waals surface area contributed by atoms with Crippen LogP contribution in [-0.4, -0.2) is 0 Å². The summed E-state index contributed by atoms with van der Waals surface area (Å²) in [5, 5.41) is 13.1. The summed E-state index contributed by atoms with van der Waals surface area (Å²) in [5.41, 5.74) is 10.8. The van der Waals surface area contributed by atoms with Crippen LogP contribution in [0.4, 0.5) is 0 Å². The zero-order valence-electron chi connectivity index (χ0n) is 27.9. The first-order valence-electron chi connectivity index (χ1n) is 17.5. The Balaban J connectivity index is 1.14. The molecule has 10 aromatic rings. The molecule has 9 aromatic carbocycles. The minimum Gasteiger partial charge on any atom is -0.135 e. The molecule has 0 saturated carbocycles. The minimum atomic E-state index is -0.0539. The number of thiophene rings is 1. The number of hydrogen-bond donors (Lipinski definition) is 0. The van der Waals surface area contributed by atoms with Gasteiger partial charge in [-0.2, -0.15) is 0 Å². The monoisotopic (exact) mass is 652 g/mol. The lowest BCUT2D eigenvalue weighted by Gasteiger charge is -2.21. The summed E-state index contributed by atoms with van der Waals surface area (Å²) < 4.78 is 2.69. The molecule has 0 saturated heterocycles. The Hall–Kier alpha value is -5.76. The van der Waals surface area contributed by atoms with Gasteiger partial charge in [0, 0.05) is 25.6 Å². The van der Waals surface area contributed by atoms with Crippen LogP contribution in [0.25, 0.3) is 96.6 Å². The first kappa shape index (κ1) is 28.1. The SMILES string of the molecule is CC1(C)c2cc3c(cc2-c2c1ccc1ccccc21)sc1cc(-c2c4ccccc4c(-c4ccc5ccccc5c4)c4ccccc24)ccc13. The molecule has 1 heteroatoms. The Morgan fingerprint density at radius 2 is 0.900 bits per heavy atom. The van der Waals surface area contributed by atoms with Crippen molar-refractivity contribution in [3.63, 3.8) is 0 Å². The summed E-state index contributed by atoms with van der Waals surface area (Å²) in [5.74, 6) is 0. The van der Waals surface area contributed by atoms with Crippen LogP contribution in [0.2, 0.25) is 0 Å². The van der Waals surface area contributed by atoms with E-state index in [1.807, 2.05) is 11.3 Å². The van der Waals surface area contributed by atoms with Gasteiger partial charge in [-0.15, -0.1) is 11.3 Å². The highest BCUT2D eigenvalue weighted by molar-refractivity contribution is 7.25. The van der Waals surface area contributed by atoms with Crippen molar-refractivity contribution in [3.8, 4) is 33.4 Å². The van der Waals surface area contributed by atoms with E-state index in [0.717, 1.165) is 0 Å². The molecule has 0 fully saturated rings. The van der Waals surface area contributed by atoms with E-state index in [1.54, 1.807) is 0 Å². The largest absolute Gasteiger partial charge is 0.135 e. The lowest BCUT2D eigenvalue weighted by molar-refractivity contribution is 0.662. The summed E-state index contributed by atoms with van der Waals surface area (Å²) in [6, 6.07) is 59.2. The first-order valence-corrected chi connectivity index (χ1v) is 18.3. The minimum absolute atomic E-state index is 0.0539.